The maximum atomic E-state index is 11.8. The van der Waals surface area contributed by atoms with Crippen molar-refractivity contribution in [3.05, 3.63) is 16.4 Å². The van der Waals surface area contributed by atoms with Crippen molar-refractivity contribution in [3.63, 3.8) is 0 Å². The average molecular weight is 449 g/mol. The van der Waals surface area contributed by atoms with Crippen LogP contribution in [0.15, 0.2) is 4.52 Å². The van der Waals surface area contributed by atoms with Crippen molar-refractivity contribution in [3.8, 4) is 0 Å². The fourth-order valence-corrected chi connectivity index (χ4v) is 5.79. The summed E-state index contributed by atoms with van der Waals surface area (Å²) in [7, 11) is 1.56. The lowest BCUT2D eigenvalue weighted by Crippen LogP contribution is -2.46. The second kappa shape index (κ2) is 7.75. The number of carbonyl (C=O) groups excluding carboxylic acids is 1. The Labute approximate surface area is 182 Å². The Kier molecular flexibility index (Phi) is 5.05. The third-order valence-corrected chi connectivity index (χ3v) is 7.44. The summed E-state index contributed by atoms with van der Waals surface area (Å²) in [5.74, 6) is -0.210. The zero-order valence-electron chi connectivity index (χ0n) is 17.1. The van der Waals surface area contributed by atoms with E-state index in [1.165, 1.54) is 11.3 Å². The summed E-state index contributed by atoms with van der Waals surface area (Å²) in [5.41, 5.74) is 0.192. The van der Waals surface area contributed by atoms with Gasteiger partial charge in [-0.05, 0) is 25.2 Å². The van der Waals surface area contributed by atoms with Crippen molar-refractivity contribution in [2.75, 3.05) is 30.4 Å². The molecule has 11 nitrogen and oxygen atoms in total. The number of aromatic nitrogens is 3. The van der Waals surface area contributed by atoms with Crippen molar-refractivity contribution >= 4 is 34.5 Å². The van der Waals surface area contributed by atoms with E-state index in [4.69, 9.17) is 9.26 Å². The molecule has 2 aromatic rings. The molecular formula is C19H24N6O5S. The standard InChI is InChI=1S/C19H24N6O5S/c1-20-16(28)23-17-21-11-4-6-25(8-12(11)31-17)18-22-14(24-30-18)13-10-3-2-5-19(7-10,9-29-13)15(26)27/h10,13H,2-9H2,1H3,(H,26,27)(H2,20,21,23,28). The van der Waals surface area contributed by atoms with E-state index < -0.39 is 11.4 Å². The molecule has 5 rings (SSSR count). The molecule has 0 aromatic carbocycles. The minimum Gasteiger partial charge on any atom is -0.481 e. The Hall–Kier alpha value is -2.73. The summed E-state index contributed by atoms with van der Waals surface area (Å²) in [6.07, 6.45) is 3.39. The number of anilines is 2. The highest BCUT2D eigenvalue weighted by molar-refractivity contribution is 7.15. The van der Waals surface area contributed by atoms with Gasteiger partial charge in [0.1, 0.15) is 6.10 Å². The Balaban J connectivity index is 1.28. The monoisotopic (exact) mass is 448 g/mol. The van der Waals surface area contributed by atoms with E-state index in [9.17, 15) is 14.7 Å². The van der Waals surface area contributed by atoms with Crippen molar-refractivity contribution in [2.45, 2.75) is 44.8 Å². The molecule has 31 heavy (non-hydrogen) atoms. The topological polar surface area (TPSA) is 143 Å². The molecular weight excluding hydrogens is 424 g/mol. The number of hydrogen-bond donors (Lipinski definition) is 3. The third-order valence-electron chi connectivity index (χ3n) is 6.44. The van der Waals surface area contributed by atoms with E-state index >= 15 is 0 Å². The summed E-state index contributed by atoms with van der Waals surface area (Å²) in [4.78, 5) is 35.4. The largest absolute Gasteiger partial charge is 0.481 e. The second-order valence-electron chi connectivity index (χ2n) is 8.37. The molecule has 2 aliphatic heterocycles. The van der Waals surface area contributed by atoms with E-state index in [1.807, 2.05) is 4.90 Å². The lowest BCUT2D eigenvalue weighted by molar-refractivity contribution is -0.177. The number of nitrogens with zero attached hydrogens (tertiary/aromatic N) is 4. The van der Waals surface area contributed by atoms with E-state index in [2.05, 4.69) is 25.8 Å². The molecule has 3 unspecified atom stereocenters. The number of fused-ring (bicyclic) bond motifs is 3. The van der Waals surface area contributed by atoms with Gasteiger partial charge in [0, 0.05) is 24.9 Å². The van der Waals surface area contributed by atoms with Crippen LogP contribution in [-0.2, 0) is 22.5 Å². The first-order valence-corrected chi connectivity index (χ1v) is 11.2. The fraction of sp³-hybridized carbons (Fsp3) is 0.632. The Morgan fingerprint density at radius 2 is 2.23 bits per heavy atom. The zero-order chi connectivity index (χ0) is 21.6. The Morgan fingerprint density at radius 3 is 3.03 bits per heavy atom. The molecule has 2 bridgehead atoms. The lowest BCUT2D eigenvalue weighted by atomic mass is 9.66. The number of hydrogen-bond acceptors (Lipinski definition) is 9. The van der Waals surface area contributed by atoms with Gasteiger partial charge in [-0.1, -0.05) is 22.9 Å². The number of amides is 2. The van der Waals surface area contributed by atoms with Gasteiger partial charge in [-0.3, -0.25) is 10.1 Å². The highest BCUT2D eigenvalue weighted by Crippen LogP contribution is 2.50. The van der Waals surface area contributed by atoms with Crippen LogP contribution < -0.4 is 15.5 Å². The molecule has 0 radical (unpaired) electrons. The molecule has 1 aliphatic carbocycles. The van der Waals surface area contributed by atoms with Gasteiger partial charge >= 0.3 is 18.0 Å². The van der Waals surface area contributed by atoms with E-state index in [0.717, 1.165) is 23.4 Å². The predicted octanol–water partition coefficient (Wildman–Crippen LogP) is 2.17. The first-order chi connectivity index (χ1) is 15.0. The quantitative estimate of drug-likeness (QED) is 0.641. The number of thiazole rings is 1. The second-order valence-corrected chi connectivity index (χ2v) is 9.46. The van der Waals surface area contributed by atoms with Crippen LogP contribution in [0.2, 0.25) is 0 Å². The molecule has 3 N–H and O–H groups in total. The molecule has 166 valence electrons. The first-order valence-electron chi connectivity index (χ1n) is 10.4. The minimum absolute atomic E-state index is 0.0804. The number of carbonyl (C=O) groups is 2. The van der Waals surface area contributed by atoms with Crippen molar-refractivity contribution in [1.29, 1.82) is 0 Å². The van der Waals surface area contributed by atoms with Gasteiger partial charge in [-0.15, -0.1) is 0 Å². The average Bonchev–Trinajstić information content (AvgIpc) is 3.40. The predicted molar refractivity (Wildman–Crippen MR) is 110 cm³/mol. The van der Waals surface area contributed by atoms with Gasteiger partial charge in [0.25, 0.3) is 0 Å². The highest BCUT2D eigenvalue weighted by atomic mass is 32.1. The number of ether oxygens (including phenoxy) is 1. The normalized spacial score (nSPS) is 27.5. The number of carboxylic acid groups (broad SMARTS) is 1. The lowest BCUT2D eigenvalue weighted by Gasteiger charge is -2.44. The summed E-state index contributed by atoms with van der Waals surface area (Å²) < 4.78 is 11.5. The number of aliphatic carboxylic acids is 1. The van der Waals surface area contributed by atoms with Gasteiger partial charge in [0.2, 0.25) is 5.82 Å². The summed E-state index contributed by atoms with van der Waals surface area (Å²) >= 11 is 1.43. The van der Waals surface area contributed by atoms with Crippen LogP contribution in [0.1, 0.15) is 48.2 Å². The van der Waals surface area contributed by atoms with Gasteiger partial charge in [-0.25, -0.2) is 9.78 Å². The number of urea groups is 1. The molecule has 2 fully saturated rings. The zero-order valence-corrected chi connectivity index (χ0v) is 17.9. The third kappa shape index (κ3) is 3.63. The molecule has 4 heterocycles. The maximum absolute atomic E-state index is 11.8. The highest BCUT2D eigenvalue weighted by Gasteiger charge is 2.50. The van der Waals surface area contributed by atoms with Crippen molar-refractivity contribution < 1.29 is 24.0 Å². The SMILES string of the molecule is CNC(=O)Nc1nc2c(s1)CN(c1nc(C3OCC4(C(=O)O)CCCC3C4)no1)CC2. The molecule has 0 spiro atoms. The summed E-state index contributed by atoms with van der Waals surface area (Å²) in [6.45, 7) is 1.43. The fourth-order valence-electron chi connectivity index (χ4n) is 4.77. The van der Waals surface area contributed by atoms with Gasteiger partial charge in [0.05, 0.1) is 24.3 Å². The van der Waals surface area contributed by atoms with Crippen molar-refractivity contribution in [1.82, 2.24) is 20.4 Å². The molecule has 2 aromatic heterocycles. The van der Waals surface area contributed by atoms with Gasteiger partial charge in [-0.2, -0.15) is 4.98 Å². The smallest absolute Gasteiger partial charge is 0.324 e. The van der Waals surface area contributed by atoms with Crippen molar-refractivity contribution in [2.24, 2.45) is 11.3 Å². The number of nitrogens with one attached hydrogen (secondary N) is 2. The summed E-state index contributed by atoms with van der Waals surface area (Å²) in [6, 6.07) is 0.121. The van der Waals surface area contributed by atoms with E-state index in [0.29, 0.717) is 49.3 Å². The van der Waals surface area contributed by atoms with E-state index in [1.54, 1.807) is 7.05 Å². The van der Waals surface area contributed by atoms with Gasteiger partial charge in [0.15, 0.2) is 5.13 Å². The Morgan fingerprint density at radius 1 is 1.35 bits per heavy atom. The Bertz CT molecular complexity index is 1010. The molecule has 1 saturated carbocycles. The summed E-state index contributed by atoms with van der Waals surface area (Å²) in [5, 5.41) is 19.6. The molecule has 3 aliphatic rings. The van der Waals surface area contributed by atoms with Crippen LogP contribution >= 0.6 is 11.3 Å². The maximum Gasteiger partial charge on any atom is 0.324 e. The minimum atomic E-state index is -0.776. The van der Waals surface area contributed by atoms with Crippen LogP contribution in [0.5, 0.6) is 0 Å². The molecule has 12 heteroatoms. The van der Waals surface area contributed by atoms with Crippen LogP contribution in [0, 0.1) is 11.3 Å². The number of carboxylic acids is 1. The van der Waals surface area contributed by atoms with Crippen LogP contribution in [0.25, 0.3) is 0 Å². The first kappa shape index (κ1) is 20.2. The van der Waals surface area contributed by atoms with Crippen LogP contribution in [0.3, 0.4) is 0 Å². The molecule has 1 saturated heterocycles. The van der Waals surface area contributed by atoms with Crippen LogP contribution in [-0.4, -0.2) is 52.4 Å². The van der Waals surface area contributed by atoms with Crippen LogP contribution in [0.4, 0.5) is 15.9 Å². The van der Waals surface area contributed by atoms with E-state index in [-0.39, 0.29) is 24.7 Å². The molecule has 3 atom stereocenters. The molecule has 2 amide bonds. The number of rotatable bonds is 4. The van der Waals surface area contributed by atoms with Gasteiger partial charge < -0.3 is 24.6 Å².